The van der Waals surface area contributed by atoms with Crippen LogP contribution in [0.3, 0.4) is 0 Å². The molecule has 0 atom stereocenters. The second-order valence-electron chi connectivity index (χ2n) is 4.79. The zero-order valence-corrected chi connectivity index (χ0v) is 13.7. The van der Waals surface area contributed by atoms with Gasteiger partial charge in [0.15, 0.2) is 0 Å². The number of benzene rings is 1. The Morgan fingerprint density at radius 2 is 1.82 bits per heavy atom. The van der Waals surface area contributed by atoms with Crippen LogP contribution in [0.5, 0.6) is 5.75 Å². The first-order valence-electron chi connectivity index (χ1n) is 6.45. The molecule has 0 aliphatic rings. The van der Waals surface area contributed by atoms with E-state index in [0.717, 1.165) is 19.9 Å². The van der Waals surface area contributed by atoms with Gasteiger partial charge in [0.05, 0.1) is 13.7 Å². The molecule has 0 fully saturated rings. The van der Waals surface area contributed by atoms with E-state index in [1.807, 2.05) is 0 Å². The second kappa shape index (κ2) is 6.42. The summed E-state index contributed by atoms with van der Waals surface area (Å²) in [5.74, 6) is 1.34. The number of nitrogens with zero attached hydrogens (tertiary/aromatic N) is 4. The van der Waals surface area contributed by atoms with E-state index in [1.165, 1.54) is 21.1 Å². The summed E-state index contributed by atoms with van der Waals surface area (Å²) in [6.07, 6.45) is 0. The van der Waals surface area contributed by atoms with Gasteiger partial charge in [0.2, 0.25) is 11.7 Å². The van der Waals surface area contributed by atoms with Gasteiger partial charge in [0.25, 0.3) is 10.2 Å². The normalized spacial score (nSPS) is 12.1. The molecule has 2 rings (SSSR count). The lowest BCUT2D eigenvalue weighted by molar-refractivity contribution is 0.327. The molecule has 0 radical (unpaired) electrons. The van der Waals surface area contributed by atoms with Crippen LogP contribution in [0.2, 0.25) is 0 Å². The molecule has 0 aliphatic heterocycles. The minimum absolute atomic E-state index is 0.00364. The predicted octanol–water partition coefficient (Wildman–Crippen LogP) is 0.983. The van der Waals surface area contributed by atoms with Gasteiger partial charge in [-0.3, -0.25) is 0 Å². The maximum absolute atomic E-state index is 11.9. The highest BCUT2D eigenvalue weighted by Gasteiger charge is 2.23. The molecule has 8 nitrogen and oxygen atoms in total. The monoisotopic (exact) mass is 326 g/mol. The number of rotatable bonds is 6. The van der Waals surface area contributed by atoms with Crippen LogP contribution >= 0.6 is 0 Å². The highest BCUT2D eigenvalue weighted by Crippen LogP contribution is 2.20. The SMILES string of the molecule is COc1ccc(-c2noc(CN(C)S(=O)(=O)N(C)C)n2)cc1. The first-order chi connectivity index (χ1) is 10.3. The Kier molecular flexibility index (Phi) is 4.79. The van der Waals surface area contributed by atoms with Crippen LogP contribution < -0.4 is 4.74 Å². The van der Waals surface area contributed by atoms with Gasteiger partial charge in [-0.2, -0.15) is 22.0 Å². The lowest BCUT2D eigenvalue weighted by atomic mass is 10.2. The predicted molar refractivity (Wildman–Crippen MR) is 80.4 cm³/mol. The van der Waals surface area contributed by atoms with Gasteiger partial charge >= 0.3 is 0 Å². The Labute approximate surface area is 129 Å². The van der Waals surface area contributed by atoms with E-state index >= 15 is 0 Å². The molecule has 0 aliphatic carbocycles. The van der Waals surface area contributed by atoms with E-state index in [-0.39, 0.29) is 12.4 Å². The molecular weight excluding hydrogens is 308 g/mol. The Morgan fingerprint density at radius 1 is 1.18 bits per heavy atom. The molecule has 0 spiro atoms. The average Bonchev–Trinajstić information content (AvgIpc) is 2.95. The van der Waals surface area contributed by atoms with Gasteiger partial charge in [0, 0.05) is 26.7 Å². The van der Waals surface area contributed by atoms with Crippen molar-refractivity contribution >= 4 is 10.2 Å². The van der Waals surface area contributed by atoms with Crippen molar-refractivity contribution in [3.05, 3.63) is 30.2 Å². The second-order valence-corrected chi connectivity index (χ2v) is 7.04. The standard InChI is InChI=1S/C13H18N4O4S/c1-16(2)22(18,19)17(3)9-12-14-13(15-21-12)10-5-7-11(20-4)8-6-10/h5-8H,9H2,1-4H3. The Hall–Kier alpha value is -1.97. The van der Waals surface area contributed by atoms with Gasteiger partial charge in [-0.15, -0.1) is 0 Å². The van der Waals surface area contributed by atoms with Crippen LogP contribution in [-0.4, -0.2) is 55.4 Å². The quantitative estimate of drug-likeness (QED) is 0.786. The van der Waals surface area contributed by atoms with E-state index in [2.05, 4.69) is 10.1 Å². The molecule has 22 heavy (non-hydrogen) atoms. The molecule has 1 aromatic heterocycles. The van der Waals surface area contributed by atoms with Gasteiger partial charge in [0.1, 0.15) is 5.75 Å². The lowest BCUT2D eigenvalue weighted by Crippen LogP contribution is -2.36. The first-order valence-corrected chi connectivity index (χ1v) is 7.85. The summed E-state index contributed by atoms with van der Waals surface area (Å²) in [4.78, 5) is 4.21. The largest absolute Gasteiger partial charge is 0.497 e. The Morgan fingerprint density at radius 3 is 2.36 bits per heavy atom. The summed E-state index contributed by atoms with van der Waals surface area (Å²) >= 11 is 0. The average molecular weight is 326 g/mol. The lowest BCUT2D eigenvalue weighted by Gasteiger charge is -2.19. The van der Waals surface area contributed by atoms with E-state index in [9.17, 15) is 8.42 Å². The van der Waals surface area contributed by atoms with Crippen molar-refractivity contribution in [1.29, 1.82) is 0 Å². The molecule has 2 aromatic rings. The molecular formula is C13H18N4O4S. The molecule has 0 amide bonds. The summed E-state index contributed by atoms with van der Waals surface area (Å²) in [6, 6.07) is 7.17. The van der Waals surface area contributed by atoms with Crippen molar-refractivity contribution in [2.75, 3.05) is 28.3 Å². The smallest absolute Gasteiger partial charge is 0.281 e. The summed E-state index contributed by atoms with van der Waals surface area (Å²) in [5.41, 5.74) is 0.758. The van der Waals surface area contributed by atoms with Crippen LogP contribution in [0, 0.1) is 0 Å². The van der Waals surface area contributed by atoms with Crippen LogP contribution in [0.1, 0.15) is 5.89 Å². The van der Waals surface area contributed by atoms with Crippen LogP contribution in [0.25, 0.3) is 11.4 Å². The molecule has 0 N–H and O–H groups in total. The van der Waals surface area contributed by atoms with E-state index in [0.29, 0.717) is 5.82 Å². The number of hydrogen-bond donors (Lipinski definition) is 0. The fourth-order valence-electron chi connectivity index (χ4n) is 1.73. The molecule has 0 saturated heterocycles. The van der Waals surface area contributed by atoms with Crippen molar-refractivity contribution in [3.63, 3.8) is 0 Å². The minimum atomic E-state index is -3.52. The molecule has 9 heteroatoms. The number of ether oxygens (including phenoxy) is 1. The molecule has 0 saturated carbocycles. The van der Waals surface area contributed by atoms with E-state index in [1.54, 1.807) is 31.4 Å². The van der Waals surface area contributed by atoms with Crippen LogP contribution in [-0.2, 0) is 16.8 Å². The Bertz CT molecular complexity index is 725. The van der Waals surface area contributed by atoms with Crippen molar-refractivity contribution in [2.45, 2.75) is 6.54 Å². The van der Waals surface area contributed by atoms with Crippen molar-refractivity contribution in [3.8, 4) is 17.1 Å². The van der Waals surface area contributed by atoms with Crippen molar-refractivity contribution < 1.29 is 17.7 Å². The van der Waals surface area contributed by atoms with Crippen LogP contribution in [0.4, 0.5) is 0 Å². The zero-order chi connectivity index (χ0) is 16.3. The maximum Gasteiger partial charge on any atom is 0.281 e. The van der Waals surface area contributed by atoms with Gasteiger partial charge in [-0.25, -0.2) is 0 Å². The summed E-state index contributed by atoms with van der Waals surface area (Å²) in [7, 11) is 2.44. The van der Waals surface area contributed by atoms with E-state index in [4.69, 9.17) is 9.26 Å². The molecule has 0 unspecified atom stereocenters. The van der Waals surface area contributed by atoms with Crippen molar-refractivity contribution in [2.24, 2.45) is 0 Å². The zero-order valence-electron chi connectivity index (χ0n) is 12.8. The number of hydrogen-bond acceptors (Lipinski definition) is 6. The van der Waals surface area contributed by atoms with Crippen molar-refractivity contribution in [1.82, 2.24) is 18.8 Å². The number of aromatic nitrogens is 2. The summed E-state index contributed by atoms with van der Waals surface area (Å²) in [5, 5.41) is 3.86. The first kappa shape index (κ1) is 16.4. The third kappa shape index (κ3) is 3.43. The topological polar surface area (TPSA) is 88.8 Å². The highest BCUT2D eigenvalue weighted by molar-refractivity contribution is 7.86. The molecule has 1 heterocycles. The Balaban J connectivity index is 2.14. The minimum Gasteiger partial charge on any atom is -0.497 e. The fraction of sp³-hybridized carbons (Fsp3) is 0.385. The van der Waals surface area contributed by atoms with E-state index < -0.39 is 10.2 Å². The summed E-state index contributed by atoms with van der Waals surface area (Å²) in [6.45, 7) is 0.00364. The maximum atomic E-state index is 11.9. The molecule has 1 aromatic carbocycles. The fourth-order valence-corrected chi connectivity index (χ4v) is 2.56. The highest BCUT2D eigenvalue weighted by atomic mass is 32.2. The van der Waals surface area contributed by atoms with Gasteiger partial charge in [-0.1, -0.05) is 5.16 Å². The molecule has 0 bridgehead atoms. The molecule has 120 valence electrons. The van der Waals surface area contributed by atoms with Gasteiger partial charge < -0.3 is 9.26 Å². The third-order valence-corrected chi connectivity index (χ3v) is 4.87. The number of methoxy groups -OCH3 is 1. The van der Waals surface area contributed by atoms with Crippen LogP contribution in [0.15, 0.2) is 28.8 Å². The third-order valence-electron chi connectivity index (χ3n) is 3.03. The summed E-state index contributed by atoms with van der Waals surface area (Å²) < 4.78 is 36.3. The van der Waals surface area contributed by atoms with Gasteiger partial charge in [-0.05, 0) is 24.3 Å².